The molecular weight excluding hydrogens is 463 g/mol. The lowest BCUT2D eigenvalue weighted by Crippen LogP contribution is -2.27. The summed E-state index contributed by atoms with van der Waals surface area (Å²) in [5.41, 5.74) is 0.961. The molecule has 0 spiro atoms. The molecule has 0 bridgehead atoms. The van der Waals surface area contributed by atoms with Crippen LogP contribution in [0.15, 0.2) is 45.8 Å². The Kier molecular flexibility index (Phi) is 6.74. The average Bonchev–Trinajstić information content (AvgIpc) is 2.58. The largest absolute Gasteiger partial charge is 0.337 e. The summed E-state index contributed by atoms with van der Waals surface area (Å²) in [6, 6.07) is 9.67. The third-order valence-corrected chi connectivity index (χ3v) is 7.39. The Bertz CT molecular complexity index is 949. The smallest absolute Gasteiger partial charge is 0.253 e. The van der Waals surface area contributed by atoms with Gasteiger partial charge in [-0.1, -0.05) is 35.3 Å². The Morgan fingerprint density at radius 3 is 2.38 bits per heavy atom. The standard InChI is InChI=1S/C17H17BrCl2N2O3S/c1-21(2)26(24,25)15-9-11(7-8-13(15)18)17(23)22(3)10-12-5-4-6-14(19)16(12)20/h4-9H,10H2,1-3H3. The lowest BCUT2D eigenvalue weighted by atomic mass is 10.1. The quantitative estimate of drug-likeness (QED) is 0.643. The molecule has 0 aliphatic carbocycles. The van der Waals surface area contributed by atoms with Gasteiger partial charge in [0.05, 0.1) is 14.9 Å². The van der Waals surface area contributed by atoms with Gasteiger partial charge < -0.3 is 4.90 Å². The summed E-state index contributed by atoms with van der Waals surface area (Å²) in [6.07, 6.45) is 0. The Hall–Kier alpha value is -1.12. The van der Waals surface area contributed by atoms with Crippen molar-refractivity contribution in [1.29, 1.82) is 0 Å². The molecule has 0 unspecified atom stereocenters. The predicted octanol–water partition coefficient (Wildman–Crippen LogP) is 4.28. The third kappa shape index (κ3) is 4.40. The number of hydrogen-bond donors (Lipinski definition) is 0. The molecule has 26 heavy (non-hydrogen) atoms. The molecule has 0 atom stereocenters. The summed E-state index contributed by atoms with van der Waals surface area (Å²) in [4.78, 5) is 14.2. The van der Waals surface area contributed by atoms with Crippen LogP contribution in [0.2, 0.25) is 10.0 Å². The molecule has 2 aromatic carbocycles. The maximum Gasteiger partial charge on any atom is 0.253 e. The highest BCUT2D eigenvalue weighted by Gasteiger charge is 2.23. The molecule has 1 amide bonds. The van der Waals surface area contributed by atoms with Crippen molar-refractivity contribution in [2.75, 3.05) is 21.1 Å². The van der Waals surface area contributed by atoms with Gasteiger partial charge in [0.15, 0.2) is 0 Å². The van der Waals surface area contributed by atoms with Gasteiger partial charge in [-0.25, -0.2) is 12.7 Å². The van der Waals surface area contributed by atoms with E-state index in [1.807, 2.05) is 0 Å². The summed E-state index contributed by atoms with van der Waals surface area (Å²) < 4.78 is 26.3. The van der Waals surface area contributed by atoms with Gasteiger partial charge in [-0.05, 0) is 45.8 Å². The molecule has 2 rings (SSSR count). The van der Waals surface area contributed by atoms with Crippen molar-refractivity contribution in [3.8, 4) is 0 Å². The fourth-order valence-electron chi connectivity index (χ4n) is 2.25. The first kappa shape index (κ1) is 21.2. The van der Waals surface area contributed by atoms with Crippen molar-refractivity contribution in [2.45, 2.75) is 11.4 Å². The van der Waals surface area contributed by atoms with E-state index in [9.17, 15) is 13.2 Å². The maximum absolute atomic E-state index is 12.7. The summed E-state index contributed by atoms with van der Waals surface area (Å²) in [5.74, 6) is -0.330. The minimum absolute atomic E-state index is 0.0301. The van der Waals surface area contributed by atoms with Crippen LogP contribution in [-0.4, -0.2) is 44.7 Å². The molecule has 140 valence electrons. The molecule has 0 heterocycles. The van der Waals surface area contributed by atoms with E-state index in [-0.39, 0.29) is 22.9 Å². The van der Waals surface area contributed by atoms with Crippen LogP contribution in [-0.2, 0) is 16.6 Å². The highest BCUT2D eigenvalue weighted by Crippen LogP contribution is 2.28. The number of benzene rings is 2. The third-order valence-electron chi connectivity index (χ3n) is 3.72. The number of amides is 1. The molecule has 0 aliphatic rings. The second-order valence-electron chi connectivity index (χ2n) is 5.81. The molecule has 9 heteroatoms. The van der Waals surface area contributed by atoms with Crippen molar-refractivity contribution in [3.63, 3.8) is 0 Å². The highest BCUT2D eigenvalue weighted by atomic mass is 79.9. The monoisotopic (exact) mass is 478 g/mol. The average molecular weight is 480 g/mol. The first-order valence-corrected chi connectivity index (χ1v) is 10.4. The molecule has 0 aromatic heterocycles. The van der Waals surface area contributed by atoms with Crippen LogP contribution in [0.25, 0.3) is 0 Å². The summed E-state index contributed by atoms with van der Waals surface area (Å²) in [6.45, 7) is 0.240. The van der Waals surface area contributed by atoms with E-state index < -0.39 is 10.0 Å². The Labute approximate surface area is 171 Å². The molecule has 0 aliphatic heterocycles. The molecule has 0 N–H and O–H groups in total. The van der Waals surface area contributed by atoms with Crippen LogP contribution >= 0.6 is 39.1 Å². The van der Waals surface area contributed by atoms with Gasteiger partial charge in [0.25, 0.3) is 5.91 Å². The molecule has 0 fully saturated rings. The molecule has 2 aromatic rings. The molecule has 5 nitrogen and oxygen atoms in total. The SMILES string of the molecule is CN(Cc1cccc(Cl)c1Cl)C(=O)c1ccc(Br)c(S(=O)(=O)N(C)C)c1. The fourth-order valence-corrected chi connectivity index (χ4v) is 4.47. The first-order valence-electron chi connectivity index (χ1n) is 7.46. The summed E-state index contributed by atoms with van der Waals surface area (Å²) in [5, 5.41) is 0.800. The van der Waals surface area contributed by atoms with E-state index in [1.54, 1.807) is 37.4 Å². The predicted molar refractivity (Wildman–Crippen MR) is 107 cm³/mol. The maximum atomic E-state index is 12.7. The van der Waals surface area contributed by atoms with E-state index in [4.69, 9.17) is 23.2 Å². The van der Waals surface area contributed by atoms with Crippen LogP contribution in [0.4, 0.5) is 0 Å². The van der Waals surface area contributed by atoms with E-state index >= 15 is 0 Å². The van der Waals surface area contributed by atoms with E-state index in [1.165, 1.54) is 25.1 Å². The number of sulfonamides is 1. The van der Waals surface area contributed by atoms with Gasteiger partial charge in [-0.15, -0.1) is 0 Å². The number of halogens is 3. The van der Waals surface area contributed by atoms with Crippen molar-refractivity contribution in [2.24, 2.45) is 0 Å². The number of hydrogen-bond acceptors (Lipinski definition) is 3. The van der Waals surface area contributed by atoms with E-state index in [2.05, 4.69) is 15.9 Å². The van der Waals surface area contributed by atoms with Crippen molar-refractivity contribution >= 4 is 55.1 Å². The lowest BCUT2D eigenvalue weighted by molar-refractivity contribution is 0.0785. The molecule has 0 saturated carbocycles. The minimum atomic E-state index is -3.68. The van der Waals surface area contributed by atoms with Gasteiger partial charge in [0.1, 0.15) is 0 Å². The Balaban J connectivity index is 2.34. The number of rotatable bonds is 5. The molecule has 0 radical (unpaired) electrons. The van der Waals surface area contributed by atoms with Gasteiger partial charge in [0, 0.05) is 37.7 Å². The van der Waals surface area contributed by atoms with Crippen molar-refractivity contribution < 1.29 is 13.2 Å². The number of nitrogens with zero attached hydrogens (tertiary/aromatic N) is 2. The van der Waals surface area contributed by atoms with Gasteiger partial charge in [-0.2, -0.15) is 0 Å². The first-order chi connectivity index (χ1) is 12.1. The zero-order valence-corrected chi connectivity index (χ0v) is 18.2. The van der Waals surface area contributed by atoms with Gasteiger partial charge in [-0.3, -0.25) is 4.79 Å². The minimum Gasteiger partial charge on any atom is -0.337 e. The van der Waals surface area contributed by atoms with Gasteiger partial charge >= 0.3 is 0 Å². The molecule has 0 saturated heterocycles. The van der Waals surface area contributed by atoms with E-state index in [0.29, 0.717) is 20.1 Å². The number of carbonyl (C=O) groups is 1. The molecular formula is C17H17BrCl2N2O3S. The van der Waals surface area contributed by atoms with Gasteiger partial charge in [0.2, 0.25) is 10.0 Å². The Morgan fingerprint density at radius 1 is 1.12 bits per heavy atom. The normalized spacial score (nSPS) is 11.7. The van der Waals surface area contributed by atoms with E-state index in [0.717, 1.165) is 4.31 Å². The second kappa shape index (κ2) is 8.27. The second-order valence-corrected chi connectivity index (χ2v) is 9.57. The van der Waals surface area contributed by atoms with Crippen LogP contribution in [0.3, 0.4) is 0 Å². The van der Waals surface area contributed by atoms with Crippen molar-refractivity contribution in [3.05, 3.63) is 62.0 Å². The van der Waals surface area contributed by atoms with Crippen LogP contribution < -0.4 is 0 Å². The van der Waals surface area contributed by atoms with Crippen LogP contribution in [0.1, 0.15) is 15.9 Å². The zero-order chi connectivity index (χ0) is 19.6. The highest BCUT2D eigenvalue weighted by molar-refractivity contribution is 9.10. The zero-order valence-electron chi connectivity index (χ0n) is 14.3. The lowest BCUT2D eigenvalue weighted by Gasteiger charge is -2.19. The summed E-state index contributed by atoms with van der Waals surface area (Å²) >= 11 is 15.4. The van der Waals surface area contributed by atoms with Crippen LogP contribution in [0.5, 0.6) is 0 Å². The number of carbonyl (C=O) groups excluding carboxylic acids is 1. The topological polar surface area (TPSA) is 57.7 Å². The fraction of sp³-hybridized carbons (Fsp3) is 0.235. The summed E-state index contributed by atoms with van der Waals surface area (Å²) in [7, 11) is 0.798. The van der Waals surface area contributed by atoms with Crippen molar-refractivity contribution in [1.82, 2.24) is 9.21 Å². The Morgan fingerprint density at radius 2 is 1.77 bits per heavy atom. The van der Waals surface area contributed by atoms with Crippen LogP contribution in [0, 0.1) is 0 Å².